The Hall–Kier alpha value is -3.77. The van der Waals surface area contributed by atoms with E-state index in [1.54, 1.807) is 0 Å². The zero-order valence-corrected chi connectivity index (χ0v) is 17.7. The van der Waals surface area contributed by atoms with Gasteiger partial charge < -0.3 is 25.3 Å². The van der Waals surface area contributed by atoms with Crippen LogP contribution < -0.4 is 15.4 Å². The van der Waals surface area contributed by atoms with Crippen LogP contribution in [0.2, 0.25) is 0 Å². The van der Waals surface area contributed by atoms with E-state index in [1.807, 2.05) is 79.0 Å². The smallest absolute Gasteiger partial charge is 0.323 e. The van der Waals surface area contributed by atoms with E-state index in [9.17, 15) is 4.79 Å². The normalized spacial score (nSPS) is 10.9. The zero-order valence-electron chi connectivity index (χ0n) is 17.7. The number of urea groups is 1. The molecule has 0 saturated carbocycles. The molecule has 0 radical (unpaired) electrons. The van der Waals surface area contributed by atoms with Crippen LogP contribution in [0.5, 0.6) is 11.5 Å². The number of H-pyrrole nitrogens is 1. The van der Waals surface area contributed by atoms with Crippen molar-refractivity contribution in [1.29, 1.82) is 0 Å². The molecular formula is C25H26N4O2. The number of likely N-dealkylation sites (N-methyl/N-ethyl adjacent to an activating group) is 1. The summed E-state index contributed by atoms with van der Waals surface area (Å²) in [7, 11) is 4.12. The van der Waals surface area contributed by atoms with Crippen LogP contribution in [0.4, 0.5) is 16.2 Å². The minimum absolute atomic E-state index is 0.290. The van der Waals surface area contributed by atoms with E-state index in [0.717, 1.165) is 35.3 Å². The molecular weight excluding hydrogens is 388 g/mol. The highest BCUT2D eigenvalue weighted by Gasteiger charge is 2.08. The maximum atomic E-state index is 12.5. The monoisotopic (exact) mass is 414 g/mol. The highest BCUT2D eigenvalue weighted by Crippen LogP contribution is 2.24. The maximum Gasteiger partial charge on any atom is 0.323 e. The number of aromatic nitrogens is 1. The van der Waals surface area contributed by atoms with Crippen molar-refractivity contribution in [2.75, 3.05) is 31.3 Å². The number of hydrogen-bond donors (Lipinski definition) is 3. The molecule has 6 heteroatoms. The number of fused-ring (bicyclic) bond motifs is 1. The van der Waals surface area contributed by atoms with Gasteiger partial charge in [-0.2, -0.15) is 0 Å². The van der Waals surface area contributed by atoms with E-state index < -0.39 is 0 Å². The number of carbonyl (C=O) groups excluding carboxylic acids is 1. The standard InChI is InChI=1S/C25H26N4O2/c1-29(2)15-14-18-17-26-24-13-10-20(16-23(18)24)28-25(30)27-19-8-11-22(12-9-19)31-21-6-4-3-5-7-21/h3-13,16-17,26H,14-15H2,1-2H3,(H2,27,28,30). The van der Waals surface area contributed by atoms with Crippen molar-refractivity contribution in [3.8, 4) is 11.5 Å². The number of anilines is 2. The molecule has 0 bridgehead atoms. The fourth-order valence-corrected chi connectivity index (χ4v) is 3.33. The lowest BCUT2D eigenvalue weighted by Crippen LogP contribution is -2.19. The molecule has 0 spiro atoms. The van der Waals surface area contributed by atoms with Gasteiger partial charge in [-0.05, 0) is 80.7 Å². The molecule has 1 aromatic heterocycles. The molecule has 3 N–H and O–H groups in total. The van der Waals surface area contributed by atoms with Crippen molar-refractivity contribution < 1.29 is 9.53 Å². The summed E-state index contributed by atoms with van der Waals surface area (Å²) in [5.41, 5.74) is 3.74. The fraction of sp³-hybridized carbons (Fsp3) is 0.160. The van der Waals surface area contributed by atoms with Crippen LogP contribution in [-0.2, 0) is 6.42 Å². The Kier molecular flexibility index (Phi) is 6.19. The lowest BCUT2D eigenvalue weighted by molar-refractivity contribution is 0.262. The molecule has 0 saturated heterocycles. The Balaban J connectivity index is 1.38. The molecule has 6 nitrogen and oxygen atoms in total. The minimum atomic E-state index is -0.290. The van der Waals surface area contributed by atoms with Gasteiger partial charge in [-0.3, -0.25) is 0 Å². The summed E-state index contributed by atoms with van der Waals surface area (Å²) >= 11 is 0. The van der Waals surface area contributed by atoms with E-state index in [0.29, 0.717) is 11.4 Å². The molecule has 0 fully saturated rings. The first kappa shape index (κ1) is 20.5. The second kappa shape index (κ2) is 9.36. The fourth-order valence-electron chi connectivity index (χ4n) is 3.33. The van der Waals surface area contributed by atoms with Gasteiger partial charge in [0.15, 0.2) is 0 Å². The Morgan fingerprint density at radius 3 is 2.32 bits per heavy atom. The quantitative estimate of drug-likeness (QED) is 0.363. The van der Waals surface area contributed by atoms with Crippen molar-refractivity contribution in [3.05, 3.63) is 84.6 Å². The van der Waals surface area contributed by atoms with Crippen LogP contribution in [0.3, 0.4) is 0 Å². The molecule has 1 heterocycles. The summed E-state index contributed by atoms with van der Waals surface area (Å²) in [6.07, 6.45) is 2.98. The van der Waals surface area contributed by atoms with Gasteiger partial charge >= 0.3 is 6.03 Å². The van der Waals surface area contributed by atoms with E-state index in [2.05, 4.69) is 34.6 Å². The molecule has 4 rings (SSSR count). The first-order valence-corrected chi connectivity index (χ1v) is 10.2. The summed E-state index contributed by atoms with van der Waals surface area (Å²) in [6.45, 7) is 0.967. The number of hydrogen-bond acceptors (Lipinski definition) is 3. The van der Waals surface area contributed by atoms with Gasteiger partial charge in [-0.1, -0.05) is 18.2 Å². The number of nitrogens with one attached hydrogen (secondary N) is 3. The molecule has 0 unspecified atom stereocenters. The molecule has 2 amide bonds. The number of nitrogens with zero attached hydrogens (tertiary/aromatic N) is 1. The van der Waals surface area contributed by atoms with Crippen molar-refractivity contribution in [1.82, 2.24) is 9.88 Å². The van der Waals surface area contributed by atoms with Crippen LogP contribution in [0.15, 0.2) is 79.0 Å². The number of amides is 2. The van der Waals surface area contributed by atoms with E-state index in [-0.39, 0.29) is 6.03 Å². The van der Waals surface area contributed by atoms with Gasteiger partial charge in [0.2, 0.25) is 0 Å². The summed E-state index contributed by atoms with van der Waals surface area (Å²) in [5.74, 6) is 1.48. The summed E-state index contributed by atoms with van der Waals surface area (Å²) in [5, 5.41) is 6.90. The van der Waals surface area contributed by atoms with Gasteiger partial charge in [0, 0.05) is 35.0 Å². The first-order valence-electron chi connectivity index (χ1n) is 10.2. The van der Waals surface area contributed by atoms with Gasteiger partial charge in [0.1, 0.15) is 11.5 Å². The molecule has 0 aliphatic carbocycles. The number of rotatable bonds is 7. The number of carbonyl (C=O) groups is 1. The highest BCUT2D eigenvalue weighted by atomic mass is 16.5. The summed E-state index contributed by atoms with van der Waals surface area (Å²) in [6, 6.07) is 22.4. The lowest BCUT2D eigenvalue weighted by Gasteiger charge is -2.10. The Labute approximate surface area is 181 Å². The predicted molar refractivity (Wildman–Crippen MR) is 126 cm³/mol. The average molecular weight is 415 g/mol. The molecule has 0 atom stereocenters. The topological polar surface area (TPSA) is 69.4 Å². The lowest BCUT2D eigenvalue weighted by atomic mass is 10.1. The molecule has 4 aromatic rings. The van der Waals surface area contributed by atoms with Crippen LogP contribution in [0.25, 0.3) is 10.9 Å². The van der Waals surface area contributed by atoms with Crippen LogP contribution in [-0.4, -0.2) is 36.6 Å². The maximum absolute atomic E-state index is 12.5. The van der Waals surface area contributed by atoms with Crippen molar-refractivity contribution in [2.24, 2.45) is 0 Å². The highest BCUT2D eigenvalue weighted by molar-refractivity contribution is 6.01. The minimum Gasteiger partial charge on any atom is -0.457 e. The number of aromatic amines is 1. The largest absolute Gasteiger partial charge is 0.457 e. The van der Waals surface area contributed by atoms with E-state index >= 15 is 0 Å². The Morgan fingerprint density at radius 1 is 0.903 bits per heavy atom. The number of ether oxygens (including phenoxy) is 1. The van der Waals surface area contributed by atoms with Gasteiger partial charge in [-0.15, -0.1) is 0 Å². The molecule has 158 valence electrons. The van der Waals surface area contributed by atoms with E-state index in [4.69, 9.17) is 4.74 Å². The average Bonchev–Trinajstić information content (AvgIpc) is 3.16. The van der Waals surface area contributed by atoms with E-state index in [1.165, 1.54) is 5.56 Å². The van der Waals surface area contributed by atoms with Crippen molar-refractivity contribution in [3.63, 3.8) is 0 Å². The third-order valence-corrected chi connectivity index (χ3v) is 4.94. The third-order valence-electron chi connectivity index (χ3n) is 4.94. The third kappa shape index (κ3) is 5.43. The van der Waals surface area contributed by atoms with Crippen LogP contribution in [0, 0.1) is 0 Å². The molecule has 3 aromatic carbocycles. The van der Waals surface area contributed by atoms with Gasteiger partial charge in [0.05, 0.1) is 0 Å². The Bertz CT molecular complexity index is 1150. The second-order valence-electron chi connectivity index (χ2n) is 7.65. The molecule has 31 heavy (non-hydrogen) atoms. The van der Waals surface area contributed by atoms with Crippen molar-refractivity contribution >= 4 is 28.3 Å². The predicted octanol–water partition coefficient (Wildman–Crippen LogP) is 5.71. The molecule has 0 aliphatic heterocycles. The van der Waals surface area contributed by atoms with Crippen molar-refractivity contribution in [2.45, 2.75) is 6.42 Å². The van der Waals surface area contributed by atoms with Gasteiger partial charge in [0.25, 0.3) is 0 Å². The van der Waals surface area contributed by atoms with Crippen LogP contribution >= 0.6 is 0 Å². The number of benzene rings is 3. The Morgan fingerprint density at radius 2 is 1.58 bits per heavy atom. The number of para-hydroxylation sites is 1. The SMILES string of the molecule is CN(C)CCc1c[nH]c2ccc(NC(=O)Nc3ccc(Oc4ccccc4)cc3)cc12. The first-order chi connectivity index (χ1) is 15.1. The summed E-state index contributed by atoms with van der Waals surface area (Å²) in [4.78, 5) is 17.9. The van der Waals surface area contributed by atoms with Gasteiger partial charge in [-0.25, -0.2) is 4.79 Å². The second-order valence-corrected chi connectivity index (χ2v) is 7.65. The van der Waals surface area contributed by atoms with Crippen LogP contribution in [0.1, 0.15) is 5.56 Å². The zero-order chi connectivity index (χ0) is 21.6. The summed E-state index contributed by atoms with van der Waals surface area (Å²) < 4.78 is 5.78. The molecule has 0 aliphatic rings.